The quantitative estimate of drug-likeness (QED) is 0.453. The molecule has 3 aliphatic rings. The van der Waals surface area contributed by atoms with E-state index in [4.69, 9.17) is 4.74 Å². The lowest BCUT2D eigenvalue weighted by Gasteiger charge is -2.40. The second-order valence-corrected chi connectivity index (χ2v) is 12.0. The normalized spacial score (nSPS) is 30.2. The summed E-state index contributed by atoms with van der Waals surface area (Å²) in [5, 5.41) is 16.6. The summed E-state index contributed by atoms with van der Waals surface area (Å²) in [5.74, 6) is -1.10. The van der Waals surface area contributed by atoms with E-state index in [2.05, 4.69) is 17.6 Å². The molecule has 2 aromatic carbocycles. The number of carbonyl (C=O) groups is 3. The van der Waals surface area contributed by atoms with Crippen molar-refractivity contribution in [3.8, 4) is 5.75 Å². The van der Waals surface area contributed by atoms with Crippen molar-refractivity contribution in [2.24, 2.45) is 17.8 Å². The van der Waals surface area contributed by atoms with E-state index >= 15 is 0 Å². The number of anilines is 1. The van der Waals surface area contributed by atoms with Gasteiger partial charge in [-0.1, -0.05) is 44.2 Å². The van der Waals surface area contributed by atoms with E-state index in [1.807, 2.05) is 37.3 Å². The zero-order valence-corrected chi connectivity index (χ0v) is 22.7. The second kappa shape index (κ2) is 10.6. The van der Waals surface area contributed by atoms with Gasteiger partial charge in [0.25, 0.3) is 0 Å². The van der Waals surface area contributed by atoms with Gasteiger partial charge in [0, 0.05) is 17.5 Å². The molecular weight excluding hydrogens is 502 g/mol. The van der Waals surface area contributed by atoms with Crippen LogP contribution in [-0.2, 0) is 14.4 Å². The highest BCUT2D eigenvalue weighted by atomic mass is 32.2. The first-order chi connectivity index (χ1) is 18.4. The number of hydrogen-bond donors (Lipinski definition) is 3. The second-order valence-electron chi connectivity index (χ2n) is 10.4. The molecule has 3 N–H and O–H groups in total. The van der Waals surface area contributed by atoms with Gasteiger partial charge in [-0.2, -0.15) is 0 Å². The van der Waals surface area contributed by atoms with Crippen LogP contribution in [-0.4, -0.2) is 64.0 Å². The number of nitrogens with zero attached hydrogens (tertiary/aromatic N) is 1. The molecule has 0 radical (unpaired) electrons. The van der Waals surface area contributed by atoms with Crippen molar-refractivity contribution < 1.29 is 24.2 Å². The number of rotatable bonds is 9. The maximum atomic E-state index is 14.4. The largest absolute Gasteiger partial charge is 0.497 e. The third kappa shape index (κ3) is 4.16. The first-order valence-electron chi connectivity index (χ1n) is 13.3. The minimum Gasteiger partial charge on any atom is -0.497 e. The van der Waals surface area contributed by atoms with Crippen molar-refractivity contribution >= 4 is 35.2 Å². The van der Waals surface area contributed by atoms with Gasteiger partial charge in [0.05, 0.1) is 36.3 Å². The summed E-state index contributed by atoms with van der Waals surface area (Å²) in [4.78, 5) is 43.5. The van der Waals surface area contributed by atoms with Crippen LogP contribution in [0, 0.1) is 17.8 Å². The monoisotopic (exact) mass is 537 g/mol. The molecule has 3 saturated heterocycles. The van der Waals surface area contributed by atoms with Crippen molar-refractivity contribution in [2.45, 2.75) is 48.8 Å². The molecule has 3 aliphatic heterocycles. The number of thioether (sulfide) groups is 1. The Morgan fingerprint density at radius 2 is 1.87 bits per heavy atom. The number of aliphatic hydroxyl groups excluding tert-OH is 1. The Morgan fingerprint density at radius 3 is 2.50 bits per heavy atom. The van der Waals surface area contributed by atoms with Crippen molar-refractivity contribution in [3.05, 3.63) is 60.2 Å². The number of methoxy groups -OCH3 is 1. The van der Waals surface area contributed by atoms with Gasteiger partial charge < -0.3 is 25.4 Å². The number of aliphatic hydroxyl groups is 1. The van der Waals surface area contributed by atoms with Gasteiger partial charge in [0.2, 0.25) is 17.7 Å². The lowest BCUT2D eigenvalue weighted by atomic mass is 9.66. The molecule has 3 heterocycles. The molecule has 3 amide bonds. The highest BCUT2D eigenvalue weighted by molar-refractivity contribution is 8.02. The number of nitrogens with one attached hydrogen (secondary N) is 2. The summed E-state index contributed by atoms with van der Waals surface area (Å²) in [7, 11) is 1.58. The number of likely N-dealkylation sites (tertiary alicyclic amines) is 1. The Kier molecular flexibility index (Phi) is 7.42. The average molecular weight is 538 g/mol. The van der Waals surface area contributed by atoms with Gasteiger partial charge in [-0.3, -0.25) is 14.4 Å². The fraction of sp³-hybridized carbons (Fsp3) is 0.483. The van der Waals surface area contributed by atoms with E-state index in [9.17, 15) is 19.5 Å². The molecule has 38 heavy (non-hydrogen) atoms. The Bertz CT molecular complexity index is 1190. The molecule has 2 aromatic rings. The Morgan fingerprint density at radius 1 is 1.16 bits per heavy atom. The summed E-state index contributed by atoms with van der Waals surface area (Å²) < 4.78 is 4.47. The highest BCUT2D eigenvalue weighted by Gasteiger charge is 2.76. The number of benzene rings is 2. The van der Waals surface area contributed by atoms with Crippen LogP contribution in [0.1, 0.15) is 38.3 Å². The molecule has 0 aliphatic carbocycles. The van der Waals surface area contributed by atoms with Gasteiger partial charge >= 0.3 is 0 Å². The predicted octanol–water partition coefficient (Wildman–Crippen LogP) is 3.23. The van der Waals surface area contributed by atoms with E-state index in [-0.39, 0.29) is 35.5 Å². The molecule has 9 heteroatoms. The summed E-state index contributed by atoms with van der Waals surface area (Å²) in [5.41, 5.74) is 1.34. The molecule has 2 bridgehead atoms. The number of carbonyl (C=O) groups excluding carboxylic acids is 3. The van der Waals surface area contributed by atoms with Crippen LogP contribution < -0.4 is 15.4 Å². The van der Waals surface area contributed by atoms with E-state index in [1.165, 1.54) is 0 Å². The fourth-order valence-corrected chi connectivity index (χ4v) is 9.08. The van der Waals surface area contributed by atoms with E-state index in [0.29, 0.717) is 18.0 Å². The molecule has 3 unspecified atom stereocenters. The Balaban J connectivity index is 1.58. The topological polar surface area (TPSA) is 108 Å². The number of fused-ring (bicyclic) bond motifs is 1. The molecule has 3 fully saturated rings. The lowest BCUT2D eigenvalue weighted by Crippen LogP contribution is -2.55. The summed E-state index contributed by atoms with van der Waals surface area (Å²) in [6.45, 7) is 4.29. The van der Waals surface area contributed by atoms with Gasteiger partial charge in [-0.05, 0) is 48.6 Å². The standard InChI is InChI=1S/C29H35N3O5S/c1-4-14-30-26(34)23-22-15-17(2)29(38-22)24(23)28(36)32(21(16-33)18-8-6-5-7-9-18)25(29)27(35)31-19-10-12-20(37-3)13-11-19/h5-13,17,21-25,33H,4,14-16H2,1-3H3,(H,30,34)(H,31,35)/t17?,21-,22+,23-,24+,25?,29?/m1/s1. The summed E-state index contributed by atoms with van der Waals surface area (Å²) in [6, 6.07) is 14.8. The third-order valence-electron chi connectivity index (χ3n) is 8.33. The Labute approximate surface area is 227 Å². The van der Waals surface area contributed by atoms with Crippen molar-refractivity contribution in [2.75, 3.05) is 25.6 Å². The van der Waals surface area contributed by atoms with E-state index in [0.717, 1.165) is 18.4 Å². The number of hydrogen-bond acceptors (Lipinski definition) is 6. The van der Waals surface area contributed by atoms with E-state index in [1.54, 1.807) is 48.0 Å². The van der Waals surface area contributed by atoms with Gasteiger partial charge in [0.15, 0.2) is 0 Å². The van der Waals surface area contributed by atoms with Crippen molar-refractivity contribution in [1.29, 1.82) is 0 Å². The molecule has 1 spiro atoms. The number of amides is 3. The maximum absolute atomic E-state index is 14.4. The van der Waals surface area contributed by atoms with Crippen LogP contribution in [0.25, 0.3) is 0 Å². The van der Waals surface area contributed by atoms with Crippen LogP contribution in [0.4, 0.5) is 5.69 Å². The van der Waals surface area contributed by atoms with Crippen LogP contribution >= 0.6 is 11.8 Å². The van der Waals surface area contributed by atoms with Crippen LogP contribution in [0.15, 0.2) is 54.6 Å². The molecule has 8 nitrogen and oxygen atoms in total. The lowest BCUT2D eigenvalue weighted by molar-refractivity contribution is -0.142. The molecule has 0 saturated carbocycles. The average Bonchev–Trinajstić information content (AvgIpc) is 3.52. The van der Waals surface area contributed by atoms with E-state index < -0.39 is 28.7 Å². The predicted molar refractivity (Wildman–Crippen MR) is 147 cm³/mol. The molecule has 7 atom stereocenters. The SMILES string of the molecule is CCCNC(=O)[C@@H]1[C@@H]2CC(C)C3(S2)C(C(=O)Nc2ccc(OC)cc2)N([C@H](CO)c2ccccc2)C(=O)[C@H]13. The summed E-state index contributed by atoms with van der Waals surface area (Å²) in [6.07, 6.45) is 1.56. The van der Waals surface area contributed by atoms with Gasteiger partial charge in [0.1, 0.15) is 11.8 Å². The fourth-order valence-electron chi connectivity index (χ4n) is 6.68. The van der Waals surface area contributed by atoms with Crippen molar-refractivity contribution in [1.82, 2.24) is 10.2 Å². The first kappa shape index (κ1) is 26.6. The zero-order chi connectivity index (χ0) is 27.0. The summed E-state index contributed by atoms with van der Waals surface area (Å²) >= 11 is 1.63. The van der Waals surface area contributed by atoms with Crippen LogP contribution in [0.3, 0.4) is 0 Å². The van der Waals surface area contributed by atoms with Crippen LogP contribution in [0.5, 0.6) is 5.75 Å². The number of ether oxygens (including phenoxy) is 1. The van der Waals surface area contributed by atoms with Crippen LogP contribution in [0.2, 0.25) is 0 Å². The third-order valence-corrected chi connectivity index (χ3v) is 10.4. The highest BCUT2D eigenvalue weighted by Crippen LogP contribution is 2.69. The molecule has 202 valence electrons. The first-order valence-corrected chi connectivity index (χ1v) is 14.1. The smallest absolute Gasteiger partial charge is 0.248 e. The molecule has 0 aromatic heterocycles. The van der Waals surface area contributed by atoms with Gasteiger partial charge in [-0.25, -0.2) is 0 Å². The zero-order valence-electron chi connectivity index (χ0n) is 21.9. The minimum absolute atomic E-state index is 0.0291. The van der Waals surface area contributed by atoms with Gasteiger partial charge in [-0.15, -0.1) is 11.8 Å². The Hall–Kier alpha value is -3.04. The molecular formula is C29H35N3O5S. The van der Waals surface area contributed by atoms with Crippen molar-refractivity contribution in [3.63, 3.8) is 0 Å². The molecule has 5 rings (SSSR count). The maximum Gasteiger partial charge on any atom is 0.248 e. The minimum atomic E-state index is -0.853.